The lowest BCUT2D eigenvalue weighted by Gasteiger charge is -2.37. The number of sulfone groups is 1. The molecule has 1 amide bonds. The van der Waals surface area contributed by atoms with Crippen molar-refractivity contribution in [3.8, 4) is 0 Å². The summed E-state index contributed by atoms with van der Waals surface area (Å²) in [6, 6.07) is 12.5. The van der Waals surface area contributed by atoms with Crippen molar-refractivity contribution in [1.29, 1.82) is 0 Å². The summed E-state index contributed by atoms with van der Waals surface area (Å²) in [4.78, 5) is 16.6. The SMILES string of the molecule is O=C(CCNS(=O)(=O)c1ccc2ccccc2c1)N1CCN(C2CCS(=O)(=O)C2)CC1. The average molecular weight is 466 g/mol. The number of carbonyl (C=O) groups is 1. The van der Waals surface area contributed by atoms with Gasteiger partial charge in [0.25, 0.3) is 0 Å². The quantitative estimate of drug-likeness (QED) is 0.678. The van der Waals surface area contributed by atoms with Crippen LogP contribution in [0.3, 0.4) is 0 Å². The molecular formula is C21H27N3O5S2. The van der Waals surface area contributed by atoms with Crippen LogP contribution in [-0.4, -0.2) is 82.8 Å². The van der Waals surface area contributed by atoms with E-state index in [1.54, 1.807) is 23.1 Å². The minimum atomic E-state index is -3.69. The Morgan fingerprint density at radius 2 is 1.74 bits per heavy atom. The summed E-state index contributed by atoms with van der Waals surface area (Å²) in [5.74, 6) is 0.353. The molecule has 10 heteroatoms. The highest BCUT2D eigenvalue weighted by atomic mass is 32.2. The number of fused-ring (bicyclic) bond motifs is 1. The number of nitrogens with one attached hydrogen (secondary N) is 1. The fraction of sp³-hybridized carbons (Fsp3) is 0.476. The molecule has 2 heterocycles. The summed E-state index contributed by atoms with van der Waals surface area (Å²) in [5, 5.41) is 1.81. The fourth-order valence-electron chi connectivity index (χ4n) is 4.27. The molecule has 2 aromatic rings. The minimum Gasteiger partial charge on any atom is -0.340 e. The van der Waals surface area contributed by atoms with E-state index in [-0.39, 0.29) is 41.3 Å². The van der Waals surface area contributed by atoms with Crippen LogP contribution in [0, 0.1) is 0 Å². The van der Waals surface area contributed by atoms with Gasteiger partial charge in [0, 0.05) is 45.2 Å². The van der Waals surface area contributed by atoms with Crippen LogP contribution in [0.15, 0.2) is 47.4 Å². The topological polar surface area (TPSA) is 104 Å². The zero-order valence-corrected chi connectivity index (χ0v) is 18.9. The number of hydrogen-bond donors (Lipinski definition) is 1. The Kier molecular flexibility index (Phi) is 6.34. The summed E-state index contributed by atoms with van der Waals surface area (Å²) < 4.78 is 51.0. The van der Waals surface area contributed by atoms with Crippen LogP contribution in [0.4, 0.5) is 0 Å². The van der Waals surface area contributed by atoms with E-state index in [0.717, 1.165) is 10.8 Å². The van der Waals surface area contributed by atoms with Crippen LogP contribution in [0.1, 0.15) is 12.8 Å². The Hall–Kier alpha value is -2.01. The maximum absolute atomic E-state index is 12.6. The molecule has 2 aliphatic rings. The van der Waals surface area contributed by atoms with Crippen molar-refractivity contribution in [2.75, 3.05) is 44.2 Å². The van der Waals surface area contributed by atoms with Crippen LogP contribution in [0.25, 0.3) is 10.8 Å². The van der Waals surface area contributed by atoms with Gasteiger partial charge in [-0.3, -0.25) is 9.69 Å². The van der Waals surface area contributed by atoms with Gasteiger partial charge in [0.1, 0.15) is 0 Å². The van der Waals surface area contributed by atoms with E-state index in [1.807, 2.05) is 24.3 Å². The van der Waals surface area contributed by atoms with Crippen LogP contribution in [0.2, 0.25) is 0 Å². The molecule has 0 bridgehead atoms. The molecule has 1 unspecified atom stereocenters. The molecular weight excluding hydrogens is 438 g/mol. The maximum Gasteiger partial charge on any atom is 0.240 e. The van der Waals surface area contributed by atoms with Crippen molar-refractivity contribution in [2.24, 2.45) is 0 Å². The van der Waals surface area contributed by atoms with E-state index < -0.39 is 19.9 Å². The molecule has 8 nitrogen and oxygen atoms in total. The van der Waals surface area contributed by atoms with Crippen molar-refractivity contribution < 1.29 is 21.6 Å². The first-order valence-electron chi connectivity index (χ1n) is 10.4. The molecule has 2 aliphatic heterocycles. The Balaban J connectivity index is 1.26. The molecule has 31 heavy (non-hydrogen) atoms. The second-order valence-corrected chi connectivity index (χ2v) is 12.1. The Labute approximate surface area is 183 Å². The summed E-state index contributed by atoms with van der Waals surface area (Å²) in [6.07, 6.45) is 0.747. The van der Waals surface area contributed by atoms with Crippen LogP contribution in [0.5, 0.6) is 0 Å². The minimum absolute atomic E-state index is 0.0368. The number of sulfonamides is 1. The maximum atomic E-state index is 12.6. The Morgan fingerprint density at radius 1 is 1.03 bits per heavy atom. The molecule has 1 atom stereocenters. The molecule has 0 spiro atoms. The van der Waals surface area contributed by atoms with E-state index in [9.17, 15) is 21.6 Å². The van der Waals surface area contributed by atoms with Gasteiger partial charge in [0.15, 0.2) is 9.84 Å². The van der Waals surface area contributed by atoms with Crippen LogP contribution in [-0.2, 0) is 24.7 Å². The van der Waals surface area contributed by atoms with Gasteiger partial charge in [-0.15, -0.1) is 0 Å². The van der Waals surface area contributed by atoms with E-state index >= 15 is 0 Å². The van der Waals surface area contributed by atoms with E-state index in [1.165, 1.54) is 0 Å². The van der Waals surface area contributed by atoms with Gasteiger partial charge >= 0.3 is 0 Å². The summed E-state index contributed by atoms with van der Waals surface area (Å²) in [7, 11) is -6.62. The first-order chi connectivity index (χ1) is 14.7. The number of benzene rings is 2. The predicted octanol–water partition coefficient (Wildman–Crippen LogP) is 0.840. The summed E-state index contributed by atoms with van der Waals surface area (Å²) in [5.41, 5.74) is 0. The first kappa shape index (κ1) is 22.2. The van der Waals surface area contributed by atoms with Gasteiger partial charge in [-0.2, -0.15) is 0 Å². The van der Waals surface area contributed by atoms with Gasteiger partial charge in [0.2, 0.25) is 15.9 Å². The molecule has 0 radical (unpaired) electrons. The molecule has 2 saturated heterocycles. The Bertz CT molecular complexity index is 1170. The van der Waals surface area contributed by atoms with E-state index in [4.69, 9.17) is 0 Å². The van der Waals surface area contributed by atoms with Gasteiger partial charge in [-0.05, 0) is 29.3 Å². The number of carbonyl (C=O) groups excluding carboxylic acids is 1. The highest BCUT2D eigenvalue weighted by Gasteiger charge is 2.34. The molecule has 2 fully saturated rings. The van der Waals surface area contributed by atoms with Gasteiger partial charge < -0.3 is 4.90 Å². The molecule has 0 aromatic heterocycles. The molecule has 4 rings (SSSR count). The summed E-state index contributed by atoms with van der Waals surface area (Å²) in [6.45, 7) is 2.40. The highest BCUT2D eigenvalue weighted by Crippen LogP contribution is 2.20. The third-order valence-corrected chi connectivity index (χ3v) is 9.26. The van der Waals surface area contributed by atoms with Crippen LogP contribution < -0.4 is 4.72 Å². The third-order valence-electron chi connectivity index (χ3n) is 6.05. The lowest BCUT2D eigenvalue weighted by molar-refractivity contribution is -0.133. The first-order valence-corrected chi connectivity index (χ1v) is 13.7. The zero-order chi connectivity index (χ0) is 22.1. The van der Waals surface area contributed by atoms with Crippen molar-refractivity contribution in [3.05, 3.63) is 42.5 Å². The third kappa shape index (κ3) is 5.25. The smallest absolute Gasteiger partial charge is 0.240 e. The van der Waals surface area contributed by atoms with Gasteiger partial charge in [-0.1, -0.05) is 30.3 Å². The second kappa shape index (κ2) is 8.85. The molecule has 0 saturated carbocycles. The summed E-state index contributed by atoms with van der Waals surface area (Å²) >= 11 is 0. The number of hydrogen-bond acceptors (Lipinski definition) is 6. The van der Waals surface area contributed by atoms with Crippen molar-refractivity contribution in [3.63, 3.8) is 0 Å². The predicted molar refractivity (Wildman–Crippen MR) is 119 cm³/mol. The monoisotopic (exact) mass is 465 g/mol. The van der Waals surface area contributed by atoms with Crippen LogP contribution >= 0.6 is 0 Å². The molecule has 168 valence electrons. The second-order valence-electron chi connectivity index (χ2n) is 8.13. The molecule has 2 aromatic carbocycles. The van der Waals surface area contributed by atoms with E-state index in [2.05, 4.69) is 9.62 Å². The lowest BCUT2D eigenvalue weighted by Crippen LogP contribution is -2.52. The fourth-order valence-corrected chi connectivity index (χ4v) is 7.10. The normalized spacial score (nSPS) is 22.1. The molecule has 1 N–H and O–H groups in total. The lowest BCUT2D eigenvalue weighted by atomic mass is 10.1. The number of amides is 1. The average Bonchev–Trinajstić information content (AvgIpc) is 3.13. The number of piperazine rings is 1. The van der Waals surface area contributed by atoms with Crippen molar-refractivity contribution >= 4 is 36.5 Å². The van der Waals surface area contributed by atoms with Gasteiger partial charge in [-0.25, -0.2) is 21.6 Å². The largest absolute Gasteiger partial charge is 0.340 e. The molecule has 0 aliphatic carbocycles. The standard InChI is InChI=1S/C21H27N3O5S2/c25-21(24-12-10-23(11-13-24)19-8-14-30(26,27)16-19)7-9-22-31(28,29)20-6-5-17-3-1-2-4-18(17)15-20/h1-6,15,19,22H,7-14,16H2. The Morgan fingerprint density at radius 3 is 2.42 bits per heavy atom. The van der Waals surface area contributed by atoms with Gasteiger partial charge in [0.05, 0.1) is 16.4 Å². The number of rotatable bonds is 6. The number of nitrogens with zero attached hydrogens (tertiary/aromatic N) is 2. The van der Waals surface area contributed by atoms with Crippen molar-refractivity contribution in [1.82, 2.24) is 14.5 Å². The van der Waals surface area contributed by atoms with E-state index in [0.29, 0.717) is 32.6 Å². The van der Waals surface area contributed by atoms with Crippen molar-refractivity contribution in [2.45, 2.75) is 23.8 Å². The highest BCUT2D eigenvalue weighted by molar-refractivity contribution is 7.91. The zero-order valence-electron chi connectivity index (χ0n) is 17.2.